The molecule has 0 aromatic carbocycles. The number of rotatable bonds is 4. The second-order valence-electron chi connectivity index (χ2n) is 11.8. The third-order valence-electron chi connectivity index (χ3n) is 10.3. The van der Waals surface area contributed by atoms with Crippen LogP contribution in [0.15, 0.2) is 35.7 Å². The van der Waals surface area contributed by atoms with Gasteiger partial charge < -0.3 is 19.8 Å². The number of hydrogen-bond acceptors (Lipinski definition) is 7. The molecule has 0 aromatic heterocycles. The number of carbonyl (C=O) groups is 3. The van der Waals surface area contributed by atoms with Gasteiger partial charge >= 0.3 is 5.97 Å². The molecule has 1 unspecified atom stereocenters. The number of aliphatic hydroxyl groups excluding tert-OH is 1. The van der Waals surface area contributed by atoms with Gasteiger partial charge in [-0.1, -0.05) is 25.5 Å². The van der Waals surface area contributed by atoms with E-state index in [4.69, 9.17) is 4.74 Å². The van der Waals surface area contributed by atoms with Crippen LogP contribution in [0.25, 0.3) is 0 Å². The molecule has 7 heteroatoms. The van der Waals surface area contributed by atoms with Crippen molar-refractivity contribution in [2.75, 3.05) is 13.7 Å². The van der Waals surface area contributed by atoms with E-state index in [1.54, 1.807) is 17.2 Å². The van der Waals surface area contributed by atoms with Gasteiger partial charge in [0, 0.05) is 36.9 Å². The normalized spacial score (nSPS) is 42.4. The van der Waals surface area contributed by atoms with E-state index in [1.165, 1.54) is 0 Å². The largest absolute Gasteiger partial charge is 0.454 e. The van der Waals surface area contributed by atoms with E-state index in [-0.39, 0.29) is 30.0 Å². The van der Waals surface area contributed by atoms with Gasteiger partial charge in [-0.3, -0.25) is 9.59 Å². The first kappa shape index (κ1) is 24.4. The summed E-state index contributed by atoms with van der Waals surface area (Å²) in [5.41, 5.74) is -1.00. The van der Waals surface area contributed by atoms with Crippen LogP contribution in [0, 0.1) is 28.6 Å². The summed E-state index contributed by atoms with van der Waals surface area (Å²) in [4.78, 5) is 39.7. The molecule has 3 saturated carbocycles. The van der Waals surface area contributed by atoms with Crippen molar-refractivity contribution in [3.05, 3.63) is 35.7 Å². The molecule has 0 aromatic rings. The third kappa shape index (κ3) is 3.57. The molecule has 1 aliphatic heterocycles. The van der Waals surface area contributed by atoms with Crippen molar-refractivity contribution in [3.63, 3.8) is 0 Å². The Balaban J connectivity index is 1.32. The molecule has 0 amide bonds. The zero-order chi connectivity index (χ0) is 25.2. The van der Waals surface area contributed by atoms with Crippen molar-refractivity contribution >= 4 is 17.5 Å². The zero-order valence-electron chi connectivity index (χ0n) is 21.0. The molecule has 2 N–H and O–H groups in total. The van der Waals surface area contributed by atoms with Crippen LogP contribution in [0.1, 0.15) is 65.2 Å². The molecule has 5 rings (SSSR count). The second kappa shape index (κ2) is 8.41. The summed E-state index contributed by atoms with van der Waals surface area (Å²) in [5.74, 6) is -0.289. The molecule has 0 radical (unpaired) electrons. The first-order valence-electron chi connectivity index (χ1n) is 12.9. The number of ether oxygens (including phenoxy) is 1. The predicted molar refractivity (Wildman–Crippen MR) is 129 cm³/mol. The summed E-state index contributed by atoms with van der Waals surface area (Å²) in [6, 6.07) is 0. The SMILES string of the molecule is CN1C=CCC(C(=O)OCC(=O)[C@@]2(O)CC[C@H]3[C@@H]4CCC5=CC(=O)CC(O)[C@]5(C)[C@H]4CC[C@@]32C)=C1. The maximum atomic E-state index is 13.4. The third-order valence-corrected chi connectivity index (χ3v) is 10.3. The minimum atomic E-state index is -1.53. The number of carbonyl (C=O) groups excluding carboxylic acids is 3. The molecular weight excluding hydrogens is 446 g/mol. The Hall–Kier alpha value is -2.25. The highest BCUT2D eigenvalue weighted by Crippen LogP contribution is 2.67. The van der Waals surface area contributed by atoms with Crippen LogP contribution in [0.4, 0.5) is 0 Å². The molecule has 0 spiro atoms. The average Bonchev–Trinajstić information content (AvgIpc) is 3.10. The van der Waals surface area contributed by atoms with E-state index in [2.05, 4.69) is 6.92 Å². The first-order valence-corrected chi connectivity index (χ1v) is 12.9. The summed E-state index contributed by atoms with van der Waals surface area (Å²) >= 11 is 0. The molecule has 3 fully saturated rings. The van der Waals surface area contributed by atoms with Crippen LogP contribution in [-0.2, 0) is 19.1 Å². The van der Waals surface area contributed by atoms with Gasteiger partial charge in [0.05, 0.1) is 11.7 Å². The Bertz CT molecular complexity index is 1040. The molecule has 5 aliphatic rings. The van der Waals surface area contributed by atoms with Crippen LogP contribution in [0.3, 0.4) is 0 Å². The van der Waals surface area contributed by atoms with Crippen molar-refractivity contribution in [1.29, 1.82) is 0 Å². The van der Waals surface area contributed by atoms with E-state index >= 15 is 0 Å². The van der Waals surface area contributed by atoms with Crippen molar-refractivity contribution in [1.82, 2.24) is 4.90 Å². The lowest BCUT2D eigenvalue weighted by molar-refractivity contribution is -0.171. The second-order valence-corrected chi connectivity index (χ2v) is 11.8. The molecule has 35 heavy (non-hydrogen) atoms. The minimum Gasteiger partial charge on any atom is -0.454 e. The van der Waals surface area contributed by atoms with Crippen LogP contribution in [-0.4, -0.2) is 58.0 Å². The fraction of sp³-hybridized carbons (Fsp3) is 0.679. The van der Waals surface area contributed by atoms with Crippen LogP contribution in [0.5, 0.6) is 0 Å². The smallest absolute Gasteiger partial charge is 0.336 e. The van der Waals surface area contributed by atoms with E-state index in [0.29, 0.717) is 24.8 Å². The highest BCUT2D eigenvalue weighted by Gasteiger charge is 2.67. The van der Waals surface area contributed by atoms with Crippen LogP contribution < -0.4 is 0 Å². The Labute approximate surface area is 206 Å². The number of allylic oxidation sites excluding steroid dienone is 1. The summed E-state index contributed by atoms with van der Waals surface area (Å²) in [6.07, 6.45) is 11.3. The van der Waals surface area contributed by atoms with Gasteiger partial charge in [0.25, 0.3) is 0 Å². The van der Waals surface area contributed by atoms with Gasteiger partial charge in [0.15, 0.2) is 12.4 Å². The van der Waals surface area contributed by atoms with Crippen LogP contribution >= 0.6 is 0 Å². The Morgan fingerprint density at radius 2 is 1.91 bits per heavy atom. The van der Waals surface area contributed by atoms with Crippen LogP contribution in [0.2, 0.25) is 0 Å². The van der Waals surface area contributed by atoms with E-state index in [9.17, 15) is 24.6 Å². The van der Waals surface area contributed by atoms with Gasteiger partial charge in [-0.15, -0.1) is 0 Å². The first-order chi connectivity index (χ1) is 16.5. The maximum absolute atomic E-state index is 13.4. The number of fused-ring (bicyclic) bond motifs is 5. The zero-order valence-corrected chi connectivity index (χ0v) is 21.0. The van der Waals surface area contributed by atoms with Crippen molar-refractivity contribution in [3.8, 4) is 0 Å². The molecular formula is C28H37NO6. The van der Waals surface area contributed by atoms with E-state index < -0.39 is 40.9 Å². The topological polar surface area (TPSA) is 104 Å². The number of nitrogens with zero attached hydrogens (tertiary/aromatic N) is 1. The summed E-state index contributed by atoms with van der Waals surface area (Å²) < 4.78 is 5.36. The summed E-state index contributed by atoms with van der Waals surface area (Å²) in [6.45, 7) is 3.70. The number of ketones is 2. The highest BCUT2D eigenvalue weighted by atomic mass is 16.5. The van der Waals surface area contributed by atoms with E-state index in [1.807, 2.05) is 26.2 Å². The van der Waals surface area contributed by atoms with Crippen molar-refractivity contribution < 1.29 is 29.3 Å². The number of hydrogen-bond donors (Lipinski definition) is 2. The predicted octanol–water partition coefficient (Wildman–Crippen LogP) is 3.07. The quantitative estimate of drug-likeness (QED) is 0.592. The molecule has 190 valence electrons. The lowest BCUT2D eigenvalue weighted by atomic mass is 9.45. The van der Waals surface area contributed by atoms with Gasteiger partial charge in [0.2, 0.25) is 5.78 Å². The Morgan fingerprint density at radius 1 is 1.17 bits per heavy atom. The van der Waals surface area contributed by atoms with Gasteiger partial charge in [-0.2, -0.15) is 0 Å². The van der Waals surface area contributed by atoms with Gasteiger partial charge in [0.1, 0.15) is 5.60 Å². The minimum absolute atomic E-state index is 0.00566. The molecule has 7 nitrogen and oxygen atoms in total. The molecule has 1 heterocycles. The fourth-order valence-electron chi connectivity index (χ4n) is 8.25. The van der Waals surface area contributed by atoms with Crippen molar-refractivity contribution in [2.45, 2.75) is 76.9 Å². The Kier molecular flexibility index (Phi) is 5.87. The molecule has 4 aliphatic carbocycles. The summed E-state index contributed by atoms with van der Waals surface area (Å²) in [5, 5.41) is 22.8. The summed E-state index contributed by atoms with van der Waals surface area (Å²) in [7, 11) is 1.82. The monoisotopic (exact) mass is 483 g/mol. The number of aliphatic hydroxyl groups is 2. The van der Waals surface area contributed by atoms with E-state index in [0.717, 1.165) is 31.3 Å². The lowest BCUT2D eigenvalue weighted by Crippen LogP contribution is -2.59. The number of Topliss-reactive ketones (excluding diaryl/α,β-unsaturated/α-hetero) is 1. The molecule has 0 saturated heterocycles. The molecule has 7 atom stereocenters. The number of esters is 1. The molecule has 0 bridgehead atoms. The highest BCUT2D eigenvalue weighted by molar-refractivity contribution is 5.94. The van der Waals surface area contributed by atoms with Gasteiger partial charge in [-0.05, 0) is 68.6 Å². The Morgan fingerprint density at radius 3 is 2.66 bits per heavy atom. The maximum Gasteiger partial charge on any atom is 0.336 e. The van der Waals surface area contributed by atoms with Gasteiger partial charge in [-0.25, -0.2) is 4.79 Å². The lowest BCUT2D eigenvalue weighted by Gasteiger charge is -2.59. The average molecular weight is 484 g/mol. The van der Waals surface area contributed by atoms with Crippen molar-refractivity contribution in [2.24, 2.45) is 28.6 Å². The fourth-order valence-corrected chi connectivity index (χ4v) is 8.25. The standard InChI is InChI=1S/C28H37NO6/c1-26-10-8-22-20(7-6-18-13-19(30)14-23(31)27(18,22)2)21(26)9-11-28(26,34)24(32)16-35-25(33)17-5-4-12-29(3)15-17/h4,12-13,15,20-23,31,34H,5-11,14,16H2,1-3H3/t20-,21-,22-,23?,26-,27-,28-/m0/s1.